The largest absolute Gasteiger partial charge is 0.454 e. The van der Waals surface area contributed by atoms with Gasteiger partial charge in [-0.15, -0.1) is 0 Å². The van der Waals surface area contributed by atoms with E-state index >= 15 is 0 Å². The van der Waals surface area contributed by atoms with E-state index in [0.717, 1.165) is 31.6 Å². The molecule has 0 amide bonds. The predicted molar refractivity (Wildman–Crippen MR) is 77.5 cm³/mol. The number of fused-ring (bicyclic) bond motifs is 4. The van der Waals surface area contributed by atoms with Crippen molar-refractivity contribution in [3.05, 3.63) is 33.5 Å². The third-order valence-electron chi connectivity index (χ3n) is 4.68. The van der Waals surface area contributed by atoms with Gasteiger partial charge >= 0.3 is 0 Å². The summed E-state index contributed by atoms with van der Waals surface area (Å²) in [5.74, 6) is 1.15. The quantitative estimate of drug-likeness (QED) is 0.662. The molecule has 0 unspecified atom stereocenters. The van der Waals surface area contributed by atoms with Crippen LogP contribution in [-0.4, -0.2) is 40.9 Å². The number of rotatable bonds is 2. The minimum absolute atomic E-state index is 0.0356. The first kappa shape index (κ1) is 13.4. The molecule has 0 radical (unpaired) electrons. The summed E-state index contributed by atoms with van der Waals surface area (Å²) < 4.78 is 10.5. The zero-order valence-corrected chi connectivity index (χ0v) is 11.9. The van der Waals surface area contributed by atoms with E-state index in [1.807, 2.05) is 0 Å². The van der Waals surface area contributed by atoms with Gasteiger partial charge in [-0.2, -0.15) is 0 Å². The first-order chi connectivity index (χ1) is 10.6. The number of benzene rings is 1. The summed E-state index contributed by atoms with van der Waals surface area (Å²) in [6.45, 7) is 1.86. The van der Waals surface area contributed by atoms with Crippen LogP contribution in [0.4, 0.5) is 5.69 Å². The Bertz CT molecular complexity index is 660. The van der Waals surface area contributed by atoms with Gasteiger partial charge in [-0.3, -0.25) is 10.1 Å². The molecule has 3 saturated heterocycles. The molecule has 116 valence electrons. The predicted octanol–water partition coefficient (Wildman–Crippen LogP) is 1.75. The molecule has 4 heterocycles. The maximum atomic E-state index is 11.3. The molecule has 0 saturated carbocycles. The fourth-order valence-corrected chi connectivity index (χ4v) is 3.46. The van der Waals surface area contributed by atoms with Crippen molar-refractivity contribution in [1.29, 1.82) is 0 Å². The van der Waals surface area contributed by atoms with Gasteiger partial charge < -0.3 is 19.5 Å². The zero-order chi connectivity index (χ0) is 15.3. The summed E-state index contributed by atoms with van der Waals surface area (Å²) in [5, 5.41) is 21.7. The number of ether oxygens (including phenoxy) is 2. The van der Waals surface area contributed by atoms with Gasteiger partial charge in [0.25, 0.3) is 5.69 Å². The Morgan fingerprint density at radius 2 is 1.95 bits per heavy atom. The molecule has 3 fully saturated rings. The van der Waals surface area contributed by atoms with Crippen LogP contribution in [0.15, 0.2) is 17.8 Å². The molecule has 5 rings (SSSR count). The normalized spacial score (nSPS) is 27.5. The maximum Gasteiger partial charge on any atom is 0.280 e. The molecule has 4 aliphatic rings. The molecule has 2 bridgehead atoms. The average Bonchev–Trinajstić information content (AvgIpc) is 2.97. The molecule has 1 aromatic carbocycles. The lowest BCUT2D eigenvalue weighted by Crippen LogP contribution is -2.48. The number of nitro groups is 1. The third kappa shape index (κ3) is 2.00. The van der Waals surface area contributed by atoms with Crippen molar-refractivity contribution in [3.63, 3.8) is 0 Å². The Labute approximate surface area is 126 Å². The lowest BCUT2D eigenvalue weighted by atomic mass is 9.83. The number of nitrogens with zero attached hydrogens (tertiary/aromatic N) is 2. The van der Waals surface area contributed by atoms with E-state index in [1.165, 1.54) is 6.07 Å². The second-order valence-corrected chi connectivity index (χ2v) is 5.86. The second kappa shape index (κ2) is 4.88. The number of aliphatic hydroxyl groups excluding tert-OH is 1. The van der Waals surface area contributed by atoms with Gasteiger partial charge in [0, 0.05) is 18.8 Å². The summed E-state index contributed by atoms with van der Waals surface area (Å²) in [4.78, 5) is 13.0. The Balaban J connectivity index is 1.79. The van der Waals surface area contributed by atoms with Crippen molar-refractivity contribution in [2.24, 2.45) is 5.92 Å². The highest BCUT2D eigenvalue weighted by Crippen LogP contribution is 2.41. The van der Waals surface area contributed by atoms with Crippen LogP contribution in [0.5, 0.6) is 11.5 Å². The van der Waals surface area contributed by atoms with Crippen LogP contribution < -0.4 is 9.47 Å². The molecule has 22 heavy (non-hydrogen) atoms. The summed E-state index contributed by atoms with van der Waals surface area (Å²) in [6, 6.07) is 3.00. The molecule has 1 aromatic rings. The molecule has 0 spiro atoms. The topological polar surface area (TPSA) is 85.1 Å². The van der Waals surface area contributed by atoms with Gasteiger partial charge in [0.2, 0.25) is 6.79 Å². The van der Waals surface area contributed by atoms with E-state index in [1.54, 1.807) is 12.1 Å². The number of hydrogen-bond donors (Lipinski definition) is 1. The first-order valence-electron chi connectivity index (χ1n) is 7.36. The van der Waals surface area contributed by atoms with Crippen molar-refractivity contribution in [3.8, 4) is 11.5 Å². The summed E-state index contributed by atoms with van der Waals surface area (Å²) in [5.41, 5.74) is 1.17. The summed E-state index contributed by atoms with van der Waals surface area (Å²) >= 11 is 0. The van der Waals surface area contributed by atoms with Crippen molar-refractivity contribution < 1.29 is 19.5 Å². The zero-order valence-electron chi connectivity index (χ0n) is 11.9. The number of piperidine rings is 3. The first-order valence-corrected chi connectivity index (χ1v) is 7.36. The van der Waals surface area contributed by atoms with Crippen LogP contribution in [0, 0.1) is 16.0 Å². The molecule has 7 heteroatoms. The summed E-state index contributed by atoms with van der Waals surface area (Å²) in [7, 11) is 0. The highest BCUT2D eigenvalue weighted by atomic mass is 16.7. The van der Waals surface area contributed by atoms with Gasteiger partial charge in [-0.1, -0.05) is 0 Å². The highest BCUT2D eigenvalue weighted by molar-refractivity contribution is 5.69. The lowest BCUT2D eigenvalue weighted by molar-refractivity contribution is -0.385. The second-order valence-electron chi connectivity index (χ2n) is 5.86. The molecular weight excluding hydrogens is 288 g/mol. The van der Waals surface area contributed by atoms with Crippen LogP contribution in [0.2, 0.25) is 0 Å². The van der Waals surface area contributed by atoms with Crippen LogP contribution >= 0.6 is 0 Å². The maximum absolute atomic E-state index is 11.3. The Kier molecular flexibility index (Phi) is 2.97. The van der Waals surface area contributed by atoms with E-state index in [4.69, 9.17) is 9.47 Å². The van der Waals surface area contributed by atoms with Gasteiger partial charge in [0.05, 0.1) is 22.7 Å². The van der Waals surface area contributed by atoms with Gasteiger partial charge in [0.15, 0.2) is 11.5 Å². The molecule has 1 N–H and O–H groups in total. The fraction of sp³-hybridized carbons (Fsp3) is 0.467. The van der Waals surface area contributed by atoms with E-state index in [0.29, 0.717) is 17.1 Å². The van der Waals surface area contributed by atoms with Crippen molar-refractivity contribution in [2.45, 2.75) is 18.9 Å². The number of nitro benzene ring substituents is 1. The van der Waals surface area contributed by atoms with E-state index in [9.17, 15) is 15.2 Å². The van der Waals surface area contributed by atoms with E-state index in [-0.39, 0.29) is 18.4 Å². The monoisotopic (exact) mass is 304 g/mol. The van der Waals surface area contributed by atoms with Gasteiger partial charge in [-0.05, 0) is 30.9 Å². The standard InChI is InChI=1S/C15H16N2O5/c18-15-9-1-3-16(4-2-9)12(15)5-10-6-13-14(22-8-21-13)7-11(10)17(19)20/h5-7,9,15,18H,1-4,8H2/b12-5-/t15-/m1/s1. The highest BCUT2D eigenvalue weighted by Gasteiger charge is 2.37. The SMILES string of the molecule is O=[N+]([O-])c1cc2c(cc1/C=C1/[C@H](O)C3CCN1CC3)OCO2. The van der Waals surface area contributed by atoms with Gasteiger partial charge in [-0.25, -0.2) is 0 Å². The third-order valence-corrected chi connectivity index (χ3v) is 4.68. The number of aliphatic hydroxyl groups is 1. The molecule has 0 aliphatic carbocycles. The lowest BCUT2D eigenvalue weighted by Gasteiger charge is -2.45. The fourth-order valence-electron chi connectivity index (χ4n) is 3.46. The average molecular weight is 304 g/mol. The molecule has 4 aliphatic heterocycles. The number of hydrogen-bond acceptors (Lipinski definition) is 6. The van der Waals surface area contributed by atoms with Crippen LogP contribution in [0.25, 0.3) is 6.08 Å². The molecular formula is C15H16N2O5. The van der Waals surface area contributed by atoms with Crippen molar-refractivity contribution in [1.82, 2.24) is 4.90 Å². The Morgan fingerprint density at radius 3 is 2.59 bits per heavy atom. The molecule has 0 aromatic heterocycles. The van der Waals surface area contributed by atoms with Crippen LogP contribution in [0.1, 0.15) is 18.4 Å². The van der Waals surface area contributed by atoms with Crippen LogP contribution in [-0.2, 0) is 0 Å². The molecule has 1 atom stereocenters. The molecule has 7 nitrogen and oxygen atoms in total. The van der Waals surface area contributed by atoms with Crippen LogP contribution in [0.3, 0.4) is 0 Å². The summed E-state index contributed by atoms with van der Waals surface area (Å²) in [6.07, 6.45) is 3.12. The van der Waals surface area contributed by atoms with E-state index in [2.05, 4.69) is 4.90 Å². The van der Waals surface area contributed by atoms with Gasteiger partial charge in [0.1, 0.15) is 0 Å². The Morgan fingerprint density at radius 1 is 1.27 bits per heavy atom. The minimum Gasteiger partial charge on any atom is -0.454 e. The van der Waals surface area contributed by atoms with Crippen molar-refractivity contribution in [2.75, 3.05) is 19.9 Å². The van der Waals surface area contributed by atoms with E-state index < -0.39 is 11.0 Å². The smallest absolute Gasteiger partial charge is 0.280 e. The van der Waals surface area contributed by atoms with Crippen molar-refractivity contribution >= 4 is 11.8 Å². The Hall–Kier alpha value is -2.28. The minimum atomic E-state index is -0.549.